The van der Waals surface area contributed by atoms with Crippen molar-refractivity contribution < 1.29 is 4.79 Å². The molecule has 0 atom stereocenters. The quantitative estimate of drug-likeness (QED) is 0.703. The van der Waals surface area contributed by atoms with Crippen molar-refractivity contribution in [3.05, 3.63) is 34.4 Å². The molecule has 26 heavy (non-hydrogen) atoms. The van der Waals surface area contributed by atoms with E-state index in [-0.39, 0.29) is 5.91 Å². The predicted molar refractivity (Wildman–Crippen MR) is 102 cm³/mol. The van der Waals surface area contributed by atoms with Crippen LogP contribution in [0, 0.1) is 6.92 Å². The van der Waals surface area contributed by atoms with Crippen LogP contribution in [0.1, 0.15) is 17.1 Å². The van der Waals surface area contributed by atoms with Crippen LogP contribution >= 0.6 is 11.3 Å². The average Bonchev–Trinajstić information content (AvgIpc) is 3.30. The molecule has 8 heteroatoms. The lowest BCUT2D eigenvalue weighted by Gasteiger charge is -2.35. The first kappa shape index (κ1) is 17.0. The molecule has 0 unspecified atom stereocenters. The monoisotopic (exact) mass is 370 g/mol. The number of fused-ring (bicyclic) bond motifs is 1. The Kier molecular flexibility index (Phi) is 4.58. The van der Waals surface area contributed by atoms with Crippen molar-refractivity contribution in [2.45, 2.75) is 19.8 Å². The van der Waals surface area contributed by atoms with E-state index in [2.05, 4.69) is 31.4 Å². The number of hydrogen-bond donors (Lipinski definition) is 0. The molecule has 3 aromatic heterocycles. The minimum absolute atomic E-state index is 0.239. The number of carbonyl (C=O) groups excluding carboxylic acids is 1. The zero-order valence-electron chi connectivity index (χ0n) is 15.1. The highest BCUT2D eigenvalue weighted by molar-refractivity contribution is 7.09. The van der Waals surface area contributed by atoms with Crippen molar-refractivity contribution in [3.8, 4) is 0 Å². The van der Waals surface area contributed by atoms with Crippen LogP contribution in [0.15, 0.2) is 23.7 Å². The zero-order valence-corrected chi connectivity index (χ0v) is 15.9. The molecule has 136 valence electrons. The Hall–Kier alpha value is -2.48. The van der Waals surface area contributed by atoms with Gasteiger partial charge in [-0.1, -0.05) is 6.07 Å². The maximum absolute atomic E-state index is 12.5. The number of rotatable bonds is 4. The van der Waals surface area contributed by atoms with Gasteiger partial charge in [-0.25, -0.2) is 9.97 Å². The van der Waals surface area contributed by atoms with Gasteiger partial charge in [-0.15, -0.1) is 11.3 Å². The summed E-state index contributed by atoms with van der Waals surface area (Å²) in [6, 6.07) is 4.12. The number of nitrogens with zero attached hydrogens (tertiary/aromatic N) is 6. The average molecular weight is 370 g/mol. The molecule has 0 radical (unpaired) electrons. The molecular formula is C18H22N6OS. The van der Waals surface area contributed by atoms with E-state index in [4.69, 9.17) is 0 Å². The summed E-state index contributed by atoms with van der Waals surface area (Å²) in [5.41, 5.74) is 0.849. The van der Waals surface area contributed by atoms with Crippen LogP contribution in [0.4, 0.5) is 5.82 Å². The van der Waals surface area contributed by atoms with Gasteiger partial charge in [-0.2, -0.15) is 5.10 Å². The molecule has 0 N–H and O–H groups in total. The van der Waals surface area contributed by atoms with Crippen molar-refractivity contribution >= 4 is 34.1 Å². The van der Waals surface area contributed by atoms with Gasteiger partial charge >= 0.3 is 0 Å². The van der Waals surface area contributed by atoms with Gasteiger partial charge < -0.3 is 9.80 Å². The molecular weight excluding hydrogens is 348 g/mol. The number of anilines is 1. The highest BCUT2D eigenvalue weighted by Crippen LogP contribution is 2.24. The van der Waals surface area contributed by atoms with E-state index in [0.717, 1.165) is 55.3 Å². The summed E-state index contributed by atoms with van der Waals surface area (Å²) in [7, 11) is 1.89. The third kappa shape index (κ3) is 3.29. The standard InChI is InChI=1S/C18H22N6OS/c1-13-20-17-15(12-19-22(17)2)18(21-13)24-9-7-23(8-10-24)16(25)6-5-14-4-3-11-26-14/h3-4,11-12H,5-10H2,1-2H3. The Balaban J connectivity index is 1.41. The molecule has 1 fully saturated rings. The Morgan fingerprint density at radius 2 is 2.04 bits per heavy atom. The summed E-state index contributed by atoms with van der Waals surface area (Å²) in [6.45, 7) is 4.93. The summed E-state index contributed by atoms with van der Waals surface area (Å²) in [4.78, 5) is 27.1. The van der Waals surface area contributed by atoms with Gasteiger partial charge in [0.25, 0.3) is 0 Å². The van der Waals surface area contributed by atoms with Gasteiger partial charge in [-0.3, -0.25) is 9.48 Å². The number of aromatic nitrogens is 4. The molecule has 0 aliphatic carbocycles. The van der Waals surface area contributed by atoms with E-state index in [1.807, 2.05) is 31.1 Å². The third-order valence-electron chi connectivity index (χ3n) is 4.78. The second-order valence-electron chi connectivity index (χ2n) is 6.55. The summed E-state index contributed by atoms with van der Waals surface area (Å²) >= 11 is 1.71. The lowest BCUT2D eigenvalue weighted by Crippen LogP contribution is -2.49. The first-order valence-corrected chi connectivity index (χ1v) is 9.71. The van der Waals surface area contributed by atoms with Crippen molar-refractivity contribution in [2.24, 2.45) is 7.05 Å². The van der Waals surface area contributed by atoms with E-state index < -0.39 is 0 Å². The lowest BCUT2D eigenvalue weighted by molar-refractivity contribution is -0.131. The Bertz CT molecular complexity index is 911. The summed E-state index contributed by atoms with van der Waals surface area (Å²) in [6.07, 6.45) is 3.24. The lowest BCUT2D eigenvalue weighted by atomic mass is 10.2. The molecule has 4 rings (SSSR count). The van der Waals surface area contributed by atoms with Gasteiger partial charge in [0.15, 0.2) is 5.65 Å². The fourth-order valence-corrected chi connectivity index (χ4v) is 4.07. The van der Waals surface area contributed by atoms with E-state index in [1.165, 1.54) is 4.88 Å². The molecule has 0 spiro atoms. The molecule has 3 aromatic rings. The van der Waals surface area contributed by atoms with E-state index in [0.29, 0.717) is 6.42 Å². The number of piperazine rings is 1. The van der Waals surface area contributed by atoms with Crippen molar-refractivity contribution in [1.82, 2.24) is 24.6 Å². The number of aryl methyl sites for hydroxylation is 3. The maximum atomic E-state index is 12.5. The second-order valence-corrected chi connectivity index (χ2v) is 7.58. The SMILES string of the molecule is Cc1nc(N2CCN(C(=O)CCc3cccs3)CC2)c2cnn(C)c2n1. The summed E-state index contributed by atoms with van der Waals surface area (Å²) < 4.78 is 1.78. The Morgan fingerprint density at radius 3 is 2.77 bits per heavy atom. The largest absolute Gasteiger partial charge is 0.352 e. The smallest absolute Gasteiger partial charge is 0.223 e. The molecule has 1 amide bonds. The van der Waals surface area contributed by atoms with E-state index >= 15 is 0 Å². The number of thiophene rings is 1. The molecule has 1 saturated heterocycles. The molecule has 0 saturated carbocycles. The first-order chi connectivity index (χ1) is 12.6. The van der Waals surface area contributed by atoms with Crippen LogP contribution in [0.2, 0.25) is 0 Å². The van der Waals surface area contributed by atoms with Crippen molar-refractivity contribution in [3.63, 3.8) is 0 Å². The van der Waals surface area contributed by atoms with Crippen LogP contribution < -0.4 is 4.90 Å². The molecule has 0 aromatic carbocycles. The van der Waals surface area contributed by atoms with Crippen LogP contribution in [0.3, 0.4) is 0 Å². The maximum Gasteiger partial charge on any atom is 0.223 e. The van der Waals surface area contributed by atoms with E-state index in [9.17, 15) is 4.79 Å². The Labute approximate surface area is 156 Å². The molecule has 7 nitrogen and oxygen atoms in total. The van der Waals surface area contributed by atoms with Crippen LogP contribution in [-0.4, -0.2) is 56.7 Å². The van der Waals surface area contributed by atoms with Gasteiger partial charge in [0.05, 0.1) is 11.6 Å². The minimum atomic E-state index is 0.239. The zero-order chi connectivity index (χ0) is 18.1. The highest BCUT2D eigenvalue weighted by atomic mass is 32.1. The third-order valence-corrected chi connectivity index (χ3v) is 5.72. The number of amides is 1. The summed E-state index contributed by atoms with van der Waals surface area (Å²) in [5, 5.41) is 7.33. The minimum Gasteiger partial charge on any atom is -0.352 e. The van der Waals surface area contributed by atoms with Gasteiger partial charge in [0, 0.05) is 44.5 Å². The molecule has 0 bridgehead atoms. The van der Waals surface area contributed by atoms with Crippen molar-refractivity contribution in [2.75, 3.05) is 31.1 Å². The van der Waals surface area contributed by atoms with Crippen molar-refractivity contribution in [1.29, 1.82) is 0 Å². The molecule has 1 aliphatic rings. The number of carbonyl (C=O) groups is 1. The van der Waals surface area contributed by atoms with Gasteiger partial charge in [0.1, 0.15) is 11.6 Å². The van der Waals surface area contributed by atoms with Crippen LogP contribution in [-0.2, 0) is 18.3 Å². The van der Waals surface area contributed by atoms with Crippen LogP contribution in [0.5, 0.6) is 0 Å². The normalized spacial score (nSPS) is 15.0. The molecule has 1 aliphatic heterocycles. The highest BCUT2D eigenvalue weighted by Gasteiger charge is 2.24. The second kappa shape index (κ2) is 7.03. The van der Waals surface area contributed by atoms with E-state index in [1.54, 1.807) is 16.0 Å². The van der Waals surface area contributed by atoms with Gasteiger partial charge in [-0.05, 0) is 24.8 Å². The van der Waals surface area contributed by atoms with Crippen LogP contribution in [0.25, 0.3) is 11.0 Å². The summed E-state index contributed by atoms with van der Waals surface area (Å²) in [5.74, 6) is 1.90. The van der Waals surface area contributed by atoms with Gasteiger partial charge in [0.2, 0.25) is 5.91 Å². The number of hydrogen-bond acceptors (Lipinski definition) is 6. The Morgan fingerprint density at radius 1 is 1.23 bits per heavy atom. The first-order valence-electron chi connectivity index (χ1n) is 8.83. The fourth-order valence-electron chi connectivity index (χ4n) is 3.36. The predicted octanol–water partition coefficient (Wildman–Crippen LogP) is 2.01. The topological polar surface area (TPSA) is 67.2 Å². The fraction of sp³-hybridized carbons (Fsp3) is 0.444. The molecule has 4 heterocycles.